The lowest BCUT2D eigenvalue weighted by atomic mass is 10.1. The average molecular weight is 459 g/mol. The number of hydrogen-bond acceptors (Lipinski definition) is 6. The maximum atomic E-state index is 13.0. The lowest BCUT2D eigenvalue weighted by Gasteiger charge is -2.33. The summed E-state index contributed by atoms with van der Waals surface area (Å²) < 4.78 is 27.6. The van der Waals surface area contributed by atoms with Gasteiger partial charge in [-0.15, -0.1) is 11.3 Å². The van der Waals surface area contributed by atoms with Gasteiger partial charge in [0.2, 0.25) is 10.0 Å². The Kier molecular flexibility index (Phi) is 5.24. The highest BCUT2D eigenvalue weighted by Gasteiger charge is 2.29. The monoisotopic (exact) mass is 458 g/mol. The maximum absolute atomic E-state index is 13.0. The minimum absolute atomic E-state index is 0.0460. The number of benzene rings is 1. The second-order valence-corrected chi connectivity index (χ2v) is 11.5. The number of aryl methyl sites for hydroxylation is 4. The van der Waals surface area contributed by atoms with Crippen molar-refractivity contribution < 1.29 is 8.42 Å². The van der Waals surface area contributed by atoms with E-state index in [2.05, 4.69) is 9.88 Å². The lowest BCUT2D eigenvalue weighted by Crippen LogP contribution is -2.48. The van der Waals surface area contributed by atoms with Crippen molar-refractivity contribution in [3.8, 4) is 0 Å². The molecule has 1 N–H and O–H groups in total. The van der Waals surface area contributed by atoms with E-state index in [1.165, 1.54) is 10.4 Å². The molecule has 2 aromatic heterocycles. The molecule has 1 aliphatic heterocycles. The van der Waals surface area contributed by atoms with Crippen LogP contribution in [0.5, 0.6) is 0 Å². The van der Waals surface area contributed by atoms with Crippen LogP contribution >= 0.6 is 11.3 Å². The third-order valence-corrected chi connectivity index (χ3v) is 9.53. The number of sulfonamides is 1. The number of thiophene rings is 1. The number of H-pyrrole nitrogens is 1. The highest BCUT2D eigenvalue weighted by atomic mass is 32.2. The molecule has 1 aromatic carbocycles. The molecular weight excluding hydrogens is 432 g/mol. The van der Waals surface area contributed by atoms with Crippen molar-refractivity contribution in [3.05, 3.63) is 55.9 Å². The summed E-state index contributed by atoms with van der Waals surface area (Å²) in [6, 6.07) is 5.29. The molecule has 9 heteroatoms. The summed E-state index contributed by atoms with van der Waals surface area (Å²) in [5.41, 5.74) is 3.20. The van der Waals surface area contributed by atoms with E-state index in [0.29, 0.717) is 43.4 Å². The summed E-state index contributed by atoms with van der Waals surface area (Å²) in [5, 5.41) is 0.769. The van der Waals surface area contributed by atoms with Crippen LogP contribution in [0.15, 0.2) is 27.9 Å². The quantitative estimate of drug-likeness (QED) is 0.650. The summed E-state index contributed by atoms with van der Waals surface area (Å²) in [7, 11) is -3.50. The molecule has 3 heterocycles. The van der Waals surface area contributed by atoms with Crippen molar-refractivity contribution in [1.29, 1.82) is 0 Å². The third-order valence-electron chi connectivity index (χ3n) is 6.44. The van der Waals surface area contributed by atoms with Crippen LogP contribution in [0.3, 0.4) is 0 Å². The molecule has 164 valence electrons. The molecule has 1 saturated heterocycles. The number of aromatic nitrogens is 2. The van der Waals surface area contributed by atoms with Gasteiger partial charge in [-0.25, -0.2) is 13.4 Å². The van der Waals surface area contributed by atoms with Crippen LogP contribution in [-0.4, -0.2) is 53.8 Å². The number of hydrogen-bond donors (Lipinski definition) is 1. The lowest BCUT2D eigenvalue weighted by molar-refractivity contribution is 0.178. The zero-order chi connectivity index (χ0) is 21.8. The van der Waals surface area contributed by atoms with Crippen LogP contribution in [0.2, 0.25) is 0 Å². The number of piperazine rings is 1. The molecule has 0 saturated carbocycles. The summed E-state index contributed by atoms with van der Waals surface area (Å²) in [5.74, 6) is 0.655. The van der Waals surface area contributed by atoms with Gasteiger partial charge >= 0.3 is 0 Å². The smallest absolute Gasteiger partial charge is 0.259 e. The van der Waals surface area contributed by atoms with Gasteiger partial charge in [0.05, 0.1) is 16.8 Å². The Labute approximate surface area is 185 Å². The predicted molar refractivity (Wildman–Crippen MR) is 122 cm³/mol. The second kappa shape index (κ2) is 7.81. The van der Waals surface area contributed by atoms with Crippen molar-refractivity contribution in [2.75, 3.05) is 26.2 Å². The molecule has 1 fully saturated rings. The van der Waals surface area contributed by atoms with Crippen molar-refractivity contribution in [3.63, 3.8) is 0 Å². The van der Waals surface area contributed by atoms with Gasteiger partial charge in [-0.05, 0) is 61.9 Å². The highest BCUT2D eigenvalue weighted by molar-refractivity contribution is 7.89. The summed E-state index contributed by atoms with van der Waals surface area (Å²) >= 11 is 1.64. The van der Waals surface area contributed by atoms with Gasteiger partial charge in [0, 0.05) is 31.1 Å². The number of nitrogens with one attached hydrogen (secondary N) is 1. The minimum Gasteiger partial charge on any atom is -0.309 e. The molecule has 1 aliphatic carbocycles. The van der Waals surface area contributed by atoms with E-state index < -0.39 is 10.0 Å². The zero-order valence-corrected chi connectivity index (χ0v) is 19.4. The number of rotatable bonds is 4. The van der Waals surface area contributed by atoms with Crippen LogP contribution in [0.1, 0.15) is 33.8 Å². The predicted octanol–water partition coefficient (Wildman–Crippen LogP) is 2.60. The first-order chi connectivity index (χ1) is 14.8. The Morgan fingerprint density at radius 1 is 1.10 bits per heavy atom. The molecule has 3 aromatic rings. The molecule has 0 atom stereocenters. The summed E-state index contributed by atoms with van der Waals surface area (Å²) in [6.45, 7) is 6.48. The van der Waals surface area contributed by atoms with Gasteiger partial charge < -0.3 is 4.98 Å². The Bertz CT molecular complexity index is 1320. The Hall–Kier alpha value is -2.07. The van der Waals surface area contributed by atoms with Crippen molar-refractivity contribution in [1.82, 2.24) is 19.2 Å². The maximum Gasteiger partial charge on any atom is 0.259 e. The number of nitrogens with zero attached hydrogens (tertiary/aromatic N) is 3. The van der Waals surface area contributed by atoms with Gasteiger partial charge in [-0.3, -0.25) is 9.69 Å². The number of aromatic amines is 1. The Morgan fingerprint density at radius 2 is 1.87 bits per heavy atom. The second-order valence-electron chi connectivity index (χ2n) is 8.48. The topological polar surface area (TPSA) is 86.4 Å². The van der Waals surface area contributed by atoms with Gasteiger partial charge in [0.25, 0.3) is 5.56 Å². The molecule has 7 nitrogen and oxygen atoms in total. The first-order valence-corrected chi connectivity index (χ1v) is 12.9. The highest BCUT2D eigenvalue weighted by Crippen LogP contribution is 2.34. The van der Waals surface area contributed by atoms with E-state index in [9.17, 15) is 13.2 Å². The van der Waals surface area contributed by atoms with Gasteiger partial charge in [0.15, 0.2) is 0 Å². The first-order valence-electron chi connectivity index (χ1n) is 10.7. The van der Waals surface area contributed by atoms with E-state index in [-0.39, 0.29) is 5.56 Å². The normalized spacial score (nSPS) is 18.0. The molecule has 0 spiro atoms. The van der Waals surface area contributed by atoms with E-state index in [4.69, 9.17) is 4.98 Å². The molecular formula is C22H26N4O3S2. The van der Waals surface area contributed by atoms with Gasteiger partial charge in [0.1, 0.15) is 10.7 Å². The first kappa shape index (κ1) is 20.8. The van der Waals surface area contributed by atoms with Crippen LogP contribution < -0.4 is 5.56 Å². The van der Waals surface area contributed by atoms with E-state index >= 15 is 0 Å². The molecule has 0 unspecified atom stereocenters. The van der Waals surface area contributed by atoms with Crippen LogP contribution in [0.25, 0.3) is 10.2 Å². The van der Waals surface area contributed by atoms with Crippen molar-refractivity contribution in [2.24, 2.45) is 0 Å². The van der Waals surface area contributed by atoms with Crippen molar-refractivity contribution in [2.45, 2.75) is 44.6 Å². The van der Waals surface area contributed by atoms with Gasteiger partial charge in [-0.2, -0.15) is 4.31 Å². The fraction of sp³-hybridized carbons (Fsp3) is 0.455. The van der Waals surface area contributed by atoms with Crippen LogP contribution in [0, 0.1) is 13.8 Å². The summed E-state index contributed by atoms with van der Waals surface area (Å²) in [4.78, 5) is 25.0. The van der Waals surface area contributed by atoms with E-state index in [0.717, 1.165) is 40.6 Å². The molecule has 5 rings (SSSR count). The molecule has 0 amide bonds. The third kappa shape index (κ3) is 3.73. The minimum atomic E-state index is -3.50. The molecule has 0 radical (unpaired) electrons. The van der Waals surface area contributed by atoms with E-state index in [1.807, 2.05) is 19.9 Å². The van der Waals surface area contributed by atoms with Crippen LogP contribution in [-0.2, 0) is 29.4 Å². The largest absolute Gasteiger partial charge is 0.309 e. The number of fused-ring (bicyclic) bond motifs is 3. The Morgan fingerprint density at radius 3 is 2.61 bits per heavy atom. The molecule has 0 bridgehead atoms. The fourth-order valence-corrected chi connectivity index (χ4v) is 7.27. The molecule has 2 aliphatic rings. The van der Waals surface area contributed by atoms with Crippen LogP contribution in [0.4, 0.5) is 0 Å². The van der Waals surface area contributed by atoms with Gasteiger partial charge in [-0.1, -0.05) is 6.07 Å². The standard InChI is InChI=1S/C22H26N4O3S2/c1-14-6-7-16(12-15(14)2)31(28,29)26-10-8-25(9-11-26)13-19-23-21(27)20-17-4-3-5-18(17)30-22(20)24-19/h6-7,12H,3-5,8-11,13H2,1-2H3,(H,23,24,27). The SMILES string of the molecule is Cc1ccc(S(=O)(=O)N2CCN(Cc3nc4sc5c(c4c(=O)[nH]3)CCC5)CC2)cc1C. The zero-order valence-electron chi connectivity index (χ0n) is 17.8. The van der Waals surface area contributed by atoms with E-state index in [1.54, 1.807) is 27.8 Å². The fourth-order valence-electron chi connectivity index (χ4n) is 4.48. The Balaban J connectivity index is 1.29. The molecule has 31 heavy (non-hydrogen) atoms. The van der Waals surface area contributed by atoms with Crippen molar-refractivity contribution >= 4 is 31.6 Å². The summed E-state index contributed by atoms with van der Waals surface area (Å²) in [6.07, 6.45) is 3.13. The average Bonchev–Trinajstić information content (AvgIpc) is 3.31.